The van der Waals surface area contributed by atoms with Crippen molar-refractivity contribution in [2.24, 2.45) is 0 Å². The fraction of sp³-hybridized carbons (Fsp3) is 0.136. The predicted molar refractivity (Wildman–Crippen MR) is 117 cm³/mol. The number of anilines is 1. The third-order valence-corrected chi connectivity index (χ3v) is 6.64. The molecule has 0 aromatic heterocycles. The van der Waals surface area contributed by atoms with E-state index in [2.05, 4.69) is 5.32 Å². The Hall–Kier alpha value is -3.56. The van der Waals surface area contributed by atoms with E-state index in [0.717, 1.165) is 0 Å². The SMILES string of the molecule is Cc1c(NC(=O)c2ccc(CN(C)S(=O)(=O)c3ccccc3)cc2)cccc1[N+](=O)[O-]. The summed E-state index contributed by atoms with van der Waals surface area (Å²) in [6, 6.07) is 19.1. The Balaban J connectivity index is 1.71. The Kier molecular flexibility index (Phi) is 6.47. The number of benzene rings is 3. The molecule has 9 heteroatoms. The highest BCUT2D eigenvalue weighted by atomic mass is 32.2. The third kappa shape index (κ3) is 4.96. The van der Waals surface area contributed by atoms with Gasteiger partial charge >= 0.3 is 0 Å². The lowest BCUT2D eigenvalue weighted by Crippen LogP contribution is -2.26. The highest BCUT2D eigenvalue weighted by Gasteiger charge is 2.21. The molecule has 31 heavy (non-hydrogen) atoms. The van der Waals surface area contributed by atoms with Crippen LogP contribution in [0.1, 0.15) is 21.5 Å². The van der Waals surface area contributed by atoms with Gasteiger partial charge in [0.15, 0.2) is 0 Å². The minimum absolute atomic E-state index is 0.0733. The molecule has 0 bridgehead atoms. The second-order valence-corrected chi connectivity index (χ2v) is 8.98. The first-order valence-electron chi connectivity index (χ1n) is 9.36. The molecule has 0 heterocycles. The first-order chi connectivity index (χ1) is 14.7. The highest BCUT2D eigenvalue weighted by Crippen LogP contribution is 2.25. The van der Waals surface area contributed by atoms with Gasteiger partial charge in [-0.1, -0.05) is 36.4 Å². The number of hydrogen-bond acceptors (Lipinski definition) is 5. The molecule has 0 aliphatic rings. The van der Waals surface area contributed by atoms with Gasteiger partial charge in [-0.15, -0.1) is 0 Å². The van der Waals surface area contributed by atoms with Gasteiger partial charge < -0.3 is 5.32 Å². The number of nitrogens with zero attached hydrogens (tertiary/aromatic N) is 2. The number of carbonyl (C=O) groups excluding carboxylic acids is 1. The van der Waals surface area contributed by atoms with Crippen molar-refractivity contribution in [1.82, 2.24) is 4.31 Å². The van der Waals surface area contributed by atoms with E-state index < -0.39 is 20.9 Å². The molecule has 8 nitrogen and oxygen atoms in total. The van der Waals surface area contributed by atoms with Gasteiger partial charge in [-0.05, 0) is 42.8 Å². The van der Waals surface area contributed by atoms with Crippen LogP contribution in [-0.4, -0.2) is 30.6 Å². The van der Waals surface area contributed by atoms with E-state index in [0.29, 0.717) is 22.4 Å². The van der Waals surface area contributed by atoms with Crippen molar-refractivity contribution in [3.05, 3.63) is 99.6 Å². The lowest BCUT2D eigenvalue weighted by molar-refractivity contribution is -0.385. The average Bonchev–Trinajstić information content (AvgIpc) is 2.76. The summed E-state index contributed by atoms with van der Waals surface area (Å²) in [6.07, 6.45) is 0. The summed E-state index contributed by atoms with van der Waals surface area (Å²) < 4.78 is 26.5. The highest BCUT2D eigenvalue weighted by molar-refractivity contribution is 7.89. The van der Waals surface area contributed by atoms with Crippen molar-refractivity contribution in [2.75, 3.05) is 12.4 Å². The van der Waals surface area contributed by atoms with Gasteiger partial charge in [-0.25, -0.2) is 8.42 Å². The van der Waals surface area contributed by atoms with Gasteiger partial charge in [-0.3, -0.25) is 14.9 Å². The Morgan fingerprint density at radius 2 is 1.65 bits per heavy atom. The van der Waals surface area contributed by atoms with Crippen LogP contribution in [0.25, 0.3) is 0 Å². The number of hydrogen-bond donors (Lipinski definition) is 1. The fourth-order valence-corrected chi connectivity index (χ4v) is 4.21. The summed E-state index contributed by atoms with van der Waals surface area (Å²) in [5.74, 6) is -0.416. The van der Waals surface area contributed by atoms with Crippen molar-refractivity contribution in [3.63, 3.8) is 0 Å². The summed E-state index contributed by atoms with van der Waals surface area (Å²) >= 11 is 0. The van der Waals surface area contributed by atoms with Crippen molar-refractivity contribution < 1.29 is 18.1 Å². The zero-order valence-corrected chi connectivity index (χ0v) is 17.8. The van der Waals surface area contributed by atoms with Gasteiger partial charge in [0.05, 0.1) is 21.1 Å². The molecule has 0 aliphatic heterocycles. The lowest BCUT2D eigenvalue weighted by atomic mass is 10.1. The van der Waals surface area contributed by atoms with E-state index in [1.54, 1.807) is 55.5 Å². The predicted octanol–water partition coefficient (Wildman–Crippen LogP) is 3.98. The molecule has 0 fully saturated rings. The Bertz CT molecular complexity index is 1210. The molecule has 1 amide bonds. The number of nitro groups is 1. The zero-order valence-electron chi connectivity index (χ0n) is 17.0. The van der Waals surface area contributed by atoms with E-state index in [9.17, 15) is 23.3 Å². The van der Waals surface area contributed by atoms with Crippen LogP contribution in [0.15, 0.2) is 77.7 Å². The van der Waals surface area contributed by atoms with Crippen LogP contribution in [0.5, 0.6) is 0 Å². The van der Waals surface area contributed by atoms with Crippen LogP contribution >= 0.6 is 0 Å². The summed E-state index contributed by atoms with van der Waals surface area (Å²) in [7, 11) is -2.13. The van der Waals surface area contributed by atoms with Crippen LogP contribution in [0.3, 0.4) is 0 Å². The fourth-order valence-electron chi connectivity index (χ4n) is 3.03. The van der Waals surface area contributed by atoms with E-state index in [4.69, 9.17) is 0 Å². The van der Waals surface area contributed by atoms with Gasteiger partial charge in [0, 0.05) is 25.2 Å². The lowest BCUT2D eigenvalue weighted by Gasteiger charge is -2.17. The first kappa shape index (κ1) is 22.1. The maximum atomic E-state index is 12.6. The summed E-state index contributed by atoms with van der Waals surface area (Å²) in [6.45, 7) is 1.71. The maximum Gasteiger partial charge on any atom is 0.274 e. The second-order valence-electron chi connectivity index (χ2n) is 6.93. The van der Waals surface area contributed by atoms with Crippen LogP contribution in [0.4, 0.5) is 11.4 Å². The van der Waals surface area contributed by atoms with Gasteiger partial charge in [-0.2, -0.15) is 4.31 Å². The van der Waals surface area contributed by atoms with Gasteiger partial charge in [0.25, 0.3) is 11.6 Å². The molecule has 0 radical (unpaired) electrons. The Morgan fingerprint density at radius 1 is 1.00 bits per heavy atom. The largest absolute Gasteiger partial charge is 0.321 e. The molecule has 3 aromatic carbocycles. The van der Waals surface area contributed by atoms with Crippen LogP contribution in [0, 0.1) is 17.0 Å². The number of sulfonamides is 1. The Morgan fingerprint density at radius 3 is 2.26 bits per heavy atom. The molecular weight excluding hydrogens is 418 g/mol. The summed E-state index contributed by atoms with van der Waals surface area (Å²) in [5, 5.41) is 13.7. The number of nitrogens with one attached hydrogen (secondary N) is 1. The quantitative estimate of drug-likeness (QED) is 0.442. The summed E-state index contributed by atoms with van der Waals surface area (Å²) in [4.78, 5) is 23.3. The molecule has 1 N–H and O–H groups in total. The molecule has 0 saturated heterocycles. The van der Waals surface area contributed by atoms with Crippen molar-refractivity contribution in [2.45, 2.75) is 18.4 Å². The van der Waals surface area contributed by atoms with E-state index in [1.807, 2.05) is 0 Å². The van der Waals surface area contributed by atoms with E-state index >= 15 is 0 Å². The second kappa shape index (κ2) is 9.07. The average molecular weight is 439 g/mol. The molecule has 0 spiro atoms. The third-order valence-electron chi connectivity index (χ3n) is 4.82. The topological polar surface area (TPSA) is 110 Å². The molecule has 0 unspecified atom stereocenters. The van der Waals surface area contributed by atoms with Crippen molar-refractivity contribution in [3.8, 4) is 0 Å². The number of nitro benzene ring substituents is 1. The molecule has 160 valence electrons. The van der Waals surface area contributed by atoms with Crippen molar-refractivity contribution >= 4 is 27.3 Å². The van der Waals surface area contributed by atoms with Gasteiger partial charge in [0.2, 0.25) is 10.0 Å². The minimum Gasteiger partial charge on any atom is -0.321 e. The smallest absolute Gasteiger partial charge is 0.274 e. The molecule has 0 saturated carbocycles. The minimum atomic E-state index is -3.62. The zero-order chi connectivity index (χ0) is 22.6. The maximum absolute atomic E-state index is 12.6. The molecule has 0 aliphatic carbocycles. The number of carbonyl (C=O) groups is 1. The summed E-state index contributed by atoms with van der Waals surface area (Å²) in [5.41, 5.74) is 1.71. The Labute approximate surface area is 180 Å². The molecule has 0 atom stereocenters. The molecular formula is C22H21N3O5S. The number of amides is 1. The molecule has 3 rings (SSSR count). The van der Waals surface area contributed by atoms with E-state index in [-0.39, 0.29) is 17.1 Å². The number of rotatable bonds is 7. The van der Waals surface area contributed by atoms with Gasteiger partial charge in [0.1, 0.15) is 0 Å². The standard InChI is InChI=1S/C22H21N3O5S/c1-16-20(9-6-10-21(16)25(27)28)23-22(26)18-13-11-17(12-14-18)15-24(2)31(29,30)19-7-4-3-5-8-19/h3-14H,15H2,1-2H3,(H,23,26). The first-order valence-corrected chi connectivity index (χ1v) is 10.8. The van der Waals surface area contributed by atoms with E-state index in [1.165, 1.54) is 35.6 Å². The van der Waals surface area contributed by atoms with Crippen LogP contribution < -0.4 is 5.32 Å². The van der Waals surface area contributed by atoms with Crippen molar-refractivity contribution in [1.29, 1.82) is 0 Å². The normalized spacial score (nSPS) is 11.3. The van der Waals surface area contributed by atoms with Crippen LogP contribution in [0.2, 0.25) is 0 Å². The molecule has 3 aromatic rings. The monoisotopic (exact) mass is 439 g/mol. The van der Waals surface area contributed by atoms with Crippen LogP contribution in [-0.2, 0) is 16.6 Å².